The van der Waals surface area contributed by atoms with Gasteiger partial charge in [0, 0.05) is 0 Å². The minimum absolute atomic E-state index is 0.0879. The molecule has 1 aliphatic carbocycles. The van der Waals surface area contributed by atoms with E-state index in [1.54, 1.807) is 13.0 Å². The van der Waals surface area contributed by atoms with Crippen molar-refractivity contribution >= 4 is 0 Å². The van der Waals surface area contributed by atoms with Gasteiger partial charge in [-0.05, 0) is 49.3 Å². The maximum absolute atomic E-state index is 14.0. The molecule has 0 amide bonds. The molecule has 0 aromatic heterocycles. The summed E-state index contributed by atoms with van der Waals surface area (Å²) in [6, 6.07) is 5.47. The molecule has 2 heteroatoms. The van der Waals surface area contributed by atoms with Gasteiger partial charge in [-0.25, -0.2) is 4.39 Å². The number of hydrogen-bond acceptors (Lipinski definition) is 1. The van der Waals surface area contributed by atoms with Crippen molar-refractivity contribution in [2.45, 2.75) is 57.5 Å². The van der Waals surface area contributed by atoms with Crippen LogP contribution in [-0.4, -0.2) is 11.2 Å². The lowest BCUT2D eigenvalue weighted by Crippen LogP contribution is -2.08. The van der Waals surface area contributed by atoms with E-state index in [4.69, 9.17) is 0 Å². The fourth-order valence-corrected chi connectivity index (χ4v) is 2.78. The standard InChI is InChI=1S/C15H21FO/c1-11(17)9-12-7-8-14(15(16)10-12)13-5-3-2-4-6-13/h7-8,10-11,13,17H,2-6,9H2,1H3. The highest BCUT2D eigenvalue weighted by molar-refractivity contribution is 5.28. The third kappa shape index (κ3) is 3.29. The van der Waals surface area contributed by atoms with Crippen LogP contribution in [0, 0.1) is 5.82 Å². The lowest BCUT2D eigenvalue weighted by atomic mass is 9.83. The van der Waals surface area contributed by atoms with Crippen LogP contribution in [-0.2, 0) is 6.42 Å². The van der Waals surface area contributed by atoms with Crippen molar-refractivity contribution in [3.63, 3.8) is 0 Å². The van der Waals surface area contributed by atoms with E-state index in [2.05, 4.69) is 0 Å². The molecular formula is C15H21FO. The highest BCUT2D eigenvalue weighted by Crippen LogP contribution is 2.34. The topological polar surface area (TPSA) is 20.2 Å². The average Bonchev–Trinajstić information content (AvgIpc) is 2.29. The summed E-state index contributed by atoms with van der Waals surface area (Å²) in [6.45, 7) is 1.73. The summed E-state index contributed by atoms with van der Waals surface area (Å²) >= 11 is 0. The Morgan fingerprint density at radius 1 is 1.29 bits per heavy atom. The Morgan fingerprint density at radius 3 is 2.59 bits per heavy atom. The number of halogens is 1. The molecule has 0 heterocycles. The predicted octanol–water partition coefficient (Wildman–Crippen LogP) is 3.80. The van der Waals surface area contributed by atoms with Gasteiger partial charge in [0.1, 0.15) is 5.82 Å². The van der Waals surface area contributed by atoms with Crippen molar-refractivity contribution in [1.29, 1.82) is 0 Å². The maximum atomic E-state index is 14.0. The molecule has 0 radical (unpaired) electrons. The van der Waals surface area contributed by atoms with Crippen molar-refractivity contribution in [2.75, 3.05) is 0 Å². The van der Waals surface area contributed by atoms with Gasteiger partial charge in [-0.1, -0.05) is 31.4 Å². The number of benzene rings is 1. The summed E-state index contributed by atoms with van der Waals surface area (Å²) < 4.78 is 14.0. The van der Waals surface area contributed by atoms with Gasteiger partial charge in [0.15, 0.2) is 0 Å². The molecule has 0 bridgehead atoms. The molecule has 1 aliphatic rings. The molecule has 1 atom stereocenters. The van der Waals surface area contributed by atoms with E-state index in [1.807, 2.05) is 12.1 Å². The first-order valence-electron chi connectivity index (χ1n) is 6.63. The van der Waals surface area contributed by atoms with Crippen LogP contribution in [0.5, 0.6) is 0 Å². The molecule has 1 nitrogen and oxygen atoms in total. The highest BCUT2D eigenvalue weighted by Gasteiger charge is 2.18. The SMILES string of the molecule is CC(O)Cc1ccc(C2CCCCC2)c(F)c1. The van der Waals surface area contributed by atoms with Crippen LogP contribution in [0.3, 0.4) is 0 Å². The third-order valence-electron chi connectivity index (χ3n) is 3.64. The van der Waals surface area contributed by atoms with E-state index in [0.29, 0.717) is 12.3 Å². The van der Waals surface area contributed by atoms with Crippen molar-refractivity contribution in [2.24, 2.45) is 0 Å². The average molecular weight is 236 g/mol. The summed E-state index contributed by atoms with van der Waals surface area (Å²) in [4.78, 5) is 0. The summed E-state index contributed by atoms with van der Waals surface area (Å²) in [7, 11) is 0. The first-order chi connectivity index (χ1) is 8.16. The Morgan fingerprint density at radius 2 is 2.00 bits per heavy atom. The maximum Gasteiger partial charge on any atom is 0.126 e. The lowest BCUT2D eigenvalue weighted by Gasteiger charge is -2.22. The predicted molar refractivity (Wildman–Crippen MR) is 67.6 cm³/mol. The molecule has 1 aromatic carbocycles. The van der Waals surface area contributed by atoms with Gasteiger partial charge >= 0.3 is 0 Å². The largest absolute Gasteiger partial charge is 0.393 e. The van der Waals surface area contributed by atoms with Gasteiger partial charge in [-0.15, -0.1) is 0 Å². The van der Waals surface area contributed by atoms with E-state index in [-0.39, 0.29) is 5.82 Å². The number of rotatable bonds is 3. The quantitative estimate of drug-likeness (QED) is 0.846. The van der Waals surface area contributed by atoms with Gasteiger partial charge < -0.3 is 5.11 Å². The van der Waals surface area contributed by atoms with Crippen LogP contribution in [0.4, 0.5) is 4.39 Å². The molecule has 0 spiro atoms. The first-order valence-corrected chi connectivity index (χ1v) is 6.63. The smallest absolute Gasteiger partial charge is 0.126 e. The minimum Gasteiger partial charge on any atom is -0.393 e. The Kier molecular flexibility index (Phi) is 4.16. The molecule has 1 unspecified atom stereocenters. The second kappa shape index (κ2) is 5.63. The lowest BCUT2D eigenvalue weighted by molar-refractivity contribution is 0.195. The third-order valence-corrected chi connectivity index (χ3v) is 3.64. The first kappa shape index (κ1) is 12.6. The van der Waals surface area contributed by atoms with Crippen LogP contribution in [0.1, 0.15) is 56.1 Å². The summed E-state index contributed by atoms with van der Waals surface area (Å²) in [5.41, 5.74) is 1.76. The zero-order valence-corrected chi connectivity index (χ0v) is 10.5. The van der Waals surface area contributed by atoms with Crippen molar-refractivity contribution in [3.8, 4) is 0 Å². The Hall–Kier alpha value is -0.890. The number of aliphatic hydroxyl groups is 1. The second-order valence-corrected chi connectivity index (χ2v) is 5.24. The van der Waals surface area contributed by atoms with Crippen LogP contribution < -0.4 is 0 Å². The Bertz CT molecular complexity index is 367. The minimum atomic E-state index is -0.407. The fraction of sp³-hybridized carbons (Fsp3) is 0.600. The van der Waals surface area contributed by atoms with Gasteiger partial charge in [-0.2, -0.15) is 0 Å². The molecular weight excluding hydrogens is 215 g/mol. The van der Waals surface area contributed by atoms with Crippen molar-refractivity contribution < 1.29 is 9.50 Å². The van der Waals surface area contributed by atoms with Crippen molar-refractivity contribution in [3.05, 3.63) is 35.1 Å². The van der Waals surface area contributed by atoms with Crippen LogP contribution in [0.15, 0.2) is 18.2 Å². The molecule has 2 rings (SSSR count). The zero-order chi connectivity index (χ0) is 12.3. The molecule has 1 N–H and O–H groups in total. The number of hydrogen-bond donors (Lipinski definition) is 1. The highest BCUT2D eigenvalue weighted by atomic mass is 19.1. The zero-order valence-electron chi connectivity index (χ0n) is 10.5. The normalized spacial score (nSPS) is 19.2. The van der Waals surface area contributed by atoms with Crippen LogP contribution in [0.2, 0.25) is 0 Å². The molecule has 94 valence electrons. The summed E-state index contributed by atoms with van der Waals surface area (Å²) in [6.07, 6.45) is 6.09. The summed E-state index contributed by atoms with van der Waals surface area (Å²) in [5, 5.41) is 9.29. The van der Waals surface area contributed by atoms with Crippen LogP contribution >= 0.6 is 0 Å². The monoisotopic (exact) mass is 236 g/mol. The molecule has 1 aromatic rings. The van der Waals surface area contributed by atoms with E-state index < -0.39 is 6.10 Å². The van der Waals surface area contributed by atoms with E-state index in [1.165, 1.54) is 19.3 Å². The molecule has 17 heavy (non-hydrogen) atoms. The van der Waals surface area contributed by atoms with E-state index in [9.17, 15) is 9.50 Å². The van der Waals surface area contributed by atoms with Gasteiger partial charge in [0.2, 0.25) is 0 Å². The van der Waals surface area contributed by atoms with Gasteiger partial charge in [0.05, 0.1) is 6.10 Å². The van der Waals surface area contributed by atoms with E-state index in [0.717, 1.165) is 24.0 Å². The summed E-state index contributed by atoms with van der Waals surface area (Å²) in [5.74, 6) is 0.319. The van der Waals surface area contributed by atoms with Crippen molar-refractivity contribution in [1.82, 2.24) is 0 Å². The van der Waals surface area contributed by atoms with Crippen LogP contribution in [0.25, 0.3) is 0 Å². The molecule has 0 saturated heterocycles. The van der Waals surface area contributed by atoms with Gasteiger partial charge in [0.25, 0.3) is 0 Å². The molecule has 0 aliphatic heterocycles. The molecule has 1 saturated carbocycles. The fourth-order valence-electron chi connectivity index (χ4n) is 2.78. The second-order valence-electron chi connectivity index (χ2n) is 5.24. The van der Waals surface area contributed by atoms with Gasteiger partial charge in [-0.3, -0.25) is 0 Å². The van der Waals surface area contributed by atoms with E-state index >= 15 is 0 Å². The molecule has 1 fully saturated rings. The Labute approximate surface area is 103 Å². The number of aliphatic hydroxyl groups excluding tert-OH is 1. The Balaban J connectivity index is 2.13.